The van der Waals surface area contributed by atoms with Crippen LogP contribution in [-0.4, -0.2) is 34.6 Å². The van der Waals surface area contributed by atoms with Crippen molar-refractivity contribution in [2.45, 2.75) is 12.5 Å². The number of hydrogen-bond donors (Lipinski definition) is 2. The van der Waals surface area contributed by atoms with Crippen LogP contribution in [0, 0.1) is 0 Å². The van der Waals surface area contributed by atoms with Gasteiger partial charge in [0.2, 0.25) is 0 Å². The number of H-pyrrole nitrogens is 1. The fourth-order valence-corrected chi connectivity index (χ4v) is 2.91. The van der Waals surface area contributed by atoms with E-state index >= 15 is 0 Å². The largest absolute Gasteiger partial charge is 0.396 e. The highest BCUT2D eigenvalue weighted by atomic mass is 16.3. The molecule has 23 heavy (non-hydrogen) atoms. The number of benzene rings is 2. The average molecular weight is 308 g/mol. The van der Waals surface area contributed by atoms with E-state index < -0.39 is 0 Å². The Balaban J connectivity index is 1.89. The van der Waals surface area contributed by atoms with Gasteiger partial charge in [0, 0.05) is 36.3 Å². The highest BCUT2D eigenvalue weighted by Gasteiger charge is 2.22. The normalized spacial score (nSPS) is 12.3. The minimum atomic E-state index is -0.143. The van der Waals surface area contributed by atoms with Gasteiger partial charge in [0.05, 0.1) is 6.04 Å². The lowest BCUT2D eigenvalue weighted by Gasteiger charge is -2.28. The molecule has 3 rings (SSSR count). The van der Waals surface area contributed by atoms with Crippen LogP contribution in [0.3, 0.4) is 0 Å². The highest BCUT2D eigenvalue weighted by molar-refractivity contribution is 5.98. The fourth-order valence-electron chi connectivity index (χ4n) is 2.91. The van der Waals surface area contributed by atoms with E-state index in [4.69, 9.17) is 0 Å². The minimum absolute atomic E-state index is 0.0357. The molecule has 0 aliphatic carbocycles. The zero-order valence-corrected chi connectivity index (χ0v) is 13.1. The van der Waals surface area contributed by atoms with Crippen molar-refractivity contribution < 1.29 is 9.90 Å². The number of aromatic amines is 1. The highest BCUT2D eigenvalue weighted by Crippen LogP contribution is 2.25. The summed E-state index contributed by atoms with van der Waals surface area (Å²) < 4.78 is 0. The minimum Gasteiger partial charge on any atom is -0.396 e. The van der Waals surface area contributed by atoms with Crippen LogP contribution in [0.1, 0.15) is 28.4 Å². The Kier molecular flexibility index (Phi) is 4.44. The molecule has 1 heterocycles. The number of nitrogens with zero attached hydrogens (tertiary/aromatic N) is 1. The maximum absolute atomic E-state index is 12.8. The number of amides is 1. The van der Waals surface area contributed by atoms with Gasteiger partial charge in [-0.05, 0) is 36.2 Å². The van der Waals surface area contributed by atoms with Crippen molar-refractivity contribution in [2.24, 2.45) is 0 Å². The molecule has 2 N–H and O–H groups in total. The lowest BCUT2D eigenvalue weighted by molar-refractivity contribution is 0.0705. The van der Waals surface area contributed by atoms with Gasteiger partial charge < -0.3 is 15.0 Å². The van der Waals surface area contributed by atoms with Crippen LogP contribution < -0.4 is 0 Å². The number of hydrogen-bond acceptors (Lipinski definition) is 2. The molecule has 0 saturated heterocycles. The van der Waals surface area contributed by atoms with E-state index in [1.807, 2.05) is 60.8 Å². The summed E-state index contributed by atoms with van der Waals surface area (Å²) in [6, 6.07) is 17.3. The second-order valence-corrected chi connectivity index (χ2v) is 5.63. The van der Waals surface area contributed by atoms with E-state index in [-0.39, 0.29) is 18.6 Å². The molecule has 4 nitrogen and oxygen atoms in total. The molecule has 3 aromatic rings. The van der Waals surface area contributed by atoms with Crippen LogP contribution in [0.15, 0.2) is 60.8 Å². The number of aliphatic hydroxyl groups excluding tert-OH is 1. The Bertz CT molecular complexity index is 795. The standard InChI is InChI=1S/C19H20N2O2/c1-21(18(10-12-22)14-5-3-2-4-6-14)19(23)16-7-8-17-15(13-16)9-11-20-17/h2-9,11,13,18,20,22H,10,12H2,1H3. The van der Waals surface area contributed by atoms with Gasteiger partial charge in [-0.15, -0.1) is 0 Å². The summed E-state index contributed by atoms with van der Waals surface area (Å²) in [7, 11) is 1.79. The number of carbonyl (C=O) groups is 1. The lowest BCUT2D eigenvalue weighted by atomic mass is 10.0. The van der Waals surface area contributed by atoms with Crippen LogP contribution in [0.2, 0.25) is 0 Å². The SMILES string of the molecule is CN(C(=O)c1ccc2[nH]ccc2c1)C(CCO)c1ccccc1. The van der Waals surface area contributed by atoms with Gasteiger partial charge in [0.1, 0.15) is 0 Å². The molecule has 4 heteroatoms. The van der Waals surface area contributed by atoms with Crippen LogP contribution >= 0.6 is 0 Å². The van der Waals surface area contributed by atoms with Crippen molar-refractivity contribution >= 4 is 16.8 Å². The number of aliphatic hydroxyl groups is 1. The third-order valence-electron chi connectivity index (χ3n) is 4.17. The van der Waals surface area contributed by atoms with Gasteiger partial charge in [-0.1, -0.05) is 30.3 Å². The van der Waals surface area contributed by atoms with Crippen molar-refractivity contribution in [2.75, 3.05) is 13.7 Å². The first-order valence-corrected chi connectivity index (χ1v) is 7.71. The number of fused-ring (bicyclic) bond motifs is 1. The average Bonchev–Trinajstić information content (AvgIpc) is 3.07. The molecular weight excluding hydrogens is 288 g/mol. The molecule has 1 amide bonds. The first-order chi connectivity index (χ1) is 11.2. The first-order valence-electron chi connectivity index (χ1n) is 7.71. The van der Waals surface area contributed by atoms with Crippen molar-refractivity contribution in [3.63, 3.8) is 0 Å². The number of carbonyl (C=O) groups excluding carboxylic acids is 1. The van der Waals surface area contributed by atoms with Crippen LogP contribution in [-0.2, 0) is 0 Å². The third kappa shape index (κ3) is 3.12. The third-order valence-corrected chi connectivity index (χ3v) is 4.17. The maximum atomic E-state index is 12.8. The molecule has 0 aliphatic heterocycles. The second-order valence-electron chi connectivity index (χ2n) is 5.63. The van der Waals surface area contributed by atoms with E-state index in [1.54, 1.807) is 11.9 Å². The Labute approximate surface area is 135 Å². The Morgan fingerprint density at radius 2 is 1.96 bits per heavy atom. The van der Waals surface area contributed by atoms with E-state index in [1.165, 1.54) is 0 Å². The van der Waals surface area contributed by atoms with Gasteiger partial charge in [-0.2, -0.15) is 0 Å². The number of rotatable bonds is 5. The Hall–Kier alpha value is -2.59. The van der Waals surface area contributed by atoms with E-state index in [0.29, 0.717) is 12.0 Å². The van der Waals surface area contributed by atoms with Crippen molar-refractivity contribution in [1.29, 1.82) is 0 Å². The van der Waals surface area contributed by atoms with Gasteiger partial charge in [-0.3, -0.25) is 4.79 Å². The summed E-state index contributed by atoms with van der Waals surface area (Å²) >= 11 is 0. The monoisotopic (exact) mass is 308 g/mol. The Morgan fingerprint density at radius 3 is 2.70 bits per heavy atom. The molecule has 1 atom stereocenters. The summed E-state index contributed by atoms with van der Waals surface area (Å²) in [6.45, 7) is 0.0357. The predicted molar refractivity (Wildman–Crippen MR) is 91.3 cm³/mol. The molecule has 2 aromatic carbocycles. The molecule has 0 fully saturated rings. The van der Waals surface area contributed by atoms with E-state index in [2.05, 4.69) is 4.98 Å². The summed E-state index contributed by atoms with van der Waals surface area (Å²) in [5, 5.41) is 10.4. The molecule has 118 valence electrons. The maximum Gasteiger partial charge on any atom is 0.254 e. The molecule has 1 aromatic heterocycles. The molecule has 0 saturated carbocycles. The quantitative estimate of drug-likeness (QED) is 0.759. The summed E-state index contributed by atoms with van der Waals surface area (Å²) in [6.07, 6.45) is 2.37. The molecular formula is C19H20N2O2. The number of nitrogens with one attached hydrogen (secondary N) is 1. The second kappa shape index (κ2) is 6.67. The van der Waals surface area contributed by atoms with Crippen molar-refractivity contribution in [3.8, 4) is 0 Å². The van der Waals surface area contributed by atoms with Crippen LogP contribution in [0.5, 0.6) is 0 Å². The number of aromatic nitrogens is 1. The molecule has 0 bridgehead atoms. The van der Waals surface area contributed by atoms with Gasteiger partial charge in [0.15, 0.2) is 0 Å². The van der Waals surface area contributed by atoms with Crippen molar-refractivity contribution in [1.82, 2.24) is 9.88 Å². The molecule has 0 aliphatic rings. The molecule has 1 unspecified atom stereocenters. The summed E-state index contributed by atoms with van der Waals surface area (Å²) in [4.78, 5) is 17.7. The zero-order valence-electron chi connectivity index (χ0n) is 13.1. The van der Waals surface area contributed by atoms with Crippen molar-refractivity contribution in [3.05, 3.63) is 71.9 Å². The molecule has 0 spiro atoms. The summed E-state index contributed by atoms with van der Waals surface area (Å²) in [5.41, 5.74) is 2.69. The van der Waals surface area contributed by atoms with Crippen LogP contribution in [0.4, 0.5) is 0 Å². The topological polar surface area (TPSA) is 56.3 Å². The fraction of sp³-hybridized carbons (Fsp3) is 0.211. The predicted octanol–water partition coefficient (Wildman–Crippen LogP) is 3.36. The molecule has 0 radical (unpaired) electrons. The van der Waals surface area contributed by atoms with Crippen LogP contribution in [0.25, 0.3) is 10.9 Å². The first kappa shape index (κ1) is 15.3. The Morgan fingerprint density at radius 1 is 1.17 bits per heavy atom. The van der Waals surface area contributed by atoms with Gasteiger partial charge in [-0.25, -0.2) is 0 Å². The smallest absolute Gasteiger partial charge is 0.254 e. The van der Waals surface area contributed by atoms with E-state index in [0.717, 1.165) is 16.5 Å². The summed E-state index contributed by atoms with van der Waals surface area (Å²) in [5.74, 6) is -0.0459. The van der Waals surface area contributed by atoms with Gasteiger partial charge >= 0.3 is 0 Å². The van der Waals surface area contributed by atoms with E-state index in [9.17, 15) is 9.90 Å². The van der Waals surface area contributed by atoms with Gasteiger partial charge in [0.25, 0.3) is 5.91 Å². The lowest BCUT2D eigenvalue weighted by Crippen LogP contribution is -2.31. The zero-order chi connectivity index (χ0) is 16.2.